The predicted molar refractivity (Wildman–Crippen MR) is 74.2 cm³/mol. The molecule has 1 unspecified atom stereocenters. The van der Waals surface area contributed by atoms with Crippen LogP contribution >= 0.6 is 0 Å². The number of aromatic nitrogens is 1. The highest BCUT2D eigenvalue weighted by Gasteiger charge is 2.23. The van der Waals surface area contributed by atoms with Gasteiger partial charge in [-0.25, -0.2) is 0 Å². The zero-order valence-electron chi connectivity index (χ0n) is 11.5. The van der Waals surface area contributed by atoms with Crippen LogP contribution in [-0.2, 0) is 20.0 Å². The number of hydrogen-bond donors (Lipinski definition) is 1. The van der Waals surface area contributed by atoms with Crippen LogP contribution < -0.4 is 10.1 Å². The van der Waals surface area contributed by atoms with Crippen LogP contribution in [0.1, 0.15) is 23.7 Å². The number of fused-ring (bicyclic) bond motifs is 3. The largest absolute Gasteiger partial charge is 0.495 e. The Morgan fingerprint density at radius 1 is 1.39 bits per heavy atom. The number of nitrogens with zero attached hydrogens (tertiary/aromatic N) is 1. The van der Waals surface area contributed by atoms with Gasteiger partial charge < -0.3 is 14.6 Å². The monoisotopic (exact) mass is 244 g/mol. The van der Waals surface area contributed by atoms with Crippen LogP contribution in [0.15, 0.2) is 12.1 Å². The minimum absolute atomic E-state index is 0.549. The maximum atomic E-state index is 5.55. The number of methoxy groups -OCH3 is 1. The fourth-order valence-electron chi connectivity index (χ4n) is 3.07. The van der Waals surface area contributed by atoms with Gasteiger partial charge in [0.25, 0.3) is 0 Å². The third kappa shape index (κ3) is 1.54. The van der Waals surface area contributed by atoms with Crippen molar-refractivity contribution in [1.29, 1.82) is 0 Å². The van der Waals surface area contributed by atoms with E-state index in [9.17, 15) is 0 Å². The fourth-order valence-corrected chi connectivity index (χ4v) is 3.07. The summed E-state index contributed by atoms with van der Waals surface area (Å²) >= 11 is 0. The van der Waals surface area contributed by atoms with Crippen LogP contribution in [0.4, 0.5) is 0 Å². The second-order valence-electron chi connectivity index (χ2n) is 5.33. The number of benzene rings is 1. The van der Waals surface area contributed by atoms with E-state index < -0.39 is 0 Å². The Bertz CT molecular complexity index is 613. The predicted octanol–water partition coefficient (Wildman–Crippen LogP) is 2.53. The van der Waals surface area contributed by atoms with Crippen molar-refractivity contribution in [3.8, 4) is 5.75 Å². The molecule has 1 aliphatic heterocycles. The van der Waals surface area contributed by atoms with Crippen molar-refractivity contribution in [2.45, 2.75) is 32.9 Å². The van der Waals surface area contributed by atoms with Crippen molar-refractivity contribution in [3.05, 3.63) is 29.0 Å². The molecule has 3 rings (SSSR count). The Labute approximate surface area is 108 Å². The zero-order valence-corrected chi connectivity index (χ0v) is 11.5. The number of aryl methyl sites for hydroxylation is 2. The molecule has 1 aliphatic rings. The maximum absolute atomic E-state index is 5.55. The van der Waals surface area contributed by atoms with Crippen molar-refractivity contribution in [1.82, 2.24) is 9.88 Å². The molecule has 3 nitrogen and oxygen atoms in total. The highest BCUT2D eigenvalue weighted by Crippen LogP contribution is 2.35. The lowest BCUT2D eigenvalue weighted by atomic mass is 10.0. The Morgan fingerprint density at radius 3 is 2.89 bits per heavy atom. The third-order valence-electron chi connectivity index (χ3n) is 3.98. The Morgan fingerprint density at radius 2 is 2.17 bits per heavy atom. The number of hydrogen-bond acceptors (Lipinski definition) is 2. The van der Waals surface area contributed by atoms with Gasteiger partial charge in [-0.15, -0.1) is 0 Å². The molecule has 0 saturated heterocycles. The van der Waals surface area contributed by atoms with Crippen molar-refractivity contribution >= 4 is 10.9 Å². The third-order valence-corrected chi connectivity index (χ3v) is 3.98. The number of rotatable bonds is 1. The molecule has 0 aliphatic carbocycles. The van der Waals surface area contributed by atoms with E-state index in [1.807, 2.05) is 0 Å². The molecule has 1 aromatic carbocycles. The van der Waals surface area contributed by atoms with E-state index in [2.05, 4.69) is 42.9 Å². The SMILES string of the molecule is COc1cc(C)cc2c3c(n(C)c12)CC(C)NC3. The van der Waals surface area contributed by atoms with Crippen LogP contribution in [0.5, 0.6) is 5.75 Å². The van der Waals surface area contributed by atoms with Crippen LogP contribution in [0, 0.1) is 6.92 Å². The summed E-state index contributed by atoms with van der Waals surface area (Å²) in [6.07, 6.45) is 1.09. The first-order valence-corrected chi connectivity index (χ1v) is 6.50. The van der Waals surface area contributed by atoms with Crippen molar-refractivity contribution < 1.29 is 4.74 Å². The van der Waals surface area contributed by atoms with Gasteiger partial charge >= 0.3 is 0 Å². The average molecular weight is 244 g/mol. The normalized spacial score (nSPS) is 19.0. The molecule has 0 fully saturated rings. The summed E-state index contributed by atoms with van der Waals surface area (Å²) in [5, 5.41) is 4.88. The first-order chi connectivity index (χ1) is 8.61. The molecule has 2 aromatic rings. The van der Waals surface area contributed by atoms with E-state index in [1.54, 1.807) is 7.11 Å². The van der Waals surface area contributed by atoms with Gasteiger partial charge in [-0.2, -0.15) is 0 Å². The Balaban J connectivity index is 2.35. The Kier molecular flexibility index (Phi) is 2.59. The number of nitrogens with one attached hydrogen (secondary N) is 1. The second kappa shape index (κ2) is 4.02. The van der Waals surface area contributed by atoms with Gasteiger partial charge in [-0.3, -0.25) is 0 Å². The zero-order chi connectivity index (χ0) is 12.9. The molecule has 0 amide bonds. The van der Waals surface area contributed by atoms with Gasteiger partial charge in [-0.05, 0) is 37.1 Å². The van der Waals surface area contributed by atoms with E-state index >= 15 is 0 Å². The standard InChI is InChI=1S/C15H20N2O/c1-9-5-11-12-8-16-10(2)7-13(12)17(3)15(11)14(6-9)18-4/h5-6,10,16H,7-8H2,1-4H3. The van der Waals surface area contributed by atoms with Crippen LogP contribution in [-0.4, -0.2) is 17.7 Å². The van der Waals surface area contributed by atoms with E-state index in [0.717, 1.165) is 18.7 Å². The lowest BCUT2D eigenvalue weighted by molar-refractivity contribution is 0.417. The van der Waals surface area contributed by atoms with E-state index in [0.29, 0.717) is 6.04 Å². The summed E-state index contributed by atoms with van der Waals surface area (Å²) < 4.78 is 7.86. The molecule has 0 radical (unpaired) electrons. The van der Waals surface area contributed by atoms with E-state index in [1.165, 1.54) is 27.7 Å². The van der Waals surface area contributed by atoms with Gasteiger partial charge in [-0.1, -0.05) is 0 Å². The first-order valence-electron chi connectivity index (χ1n) is 6.50. The summed E-state index contributed by atoms with van der Waals surface area (Å²) in [6, 6.07) is 4.94. The van der Waals surface area contributed by atoms with E-state index in [-0.39, 0.29) is 0 Å². The lowest BCUT2D eigenvalue weighted by Gasteiger charge is -2.21. The summed E-state index contributed by atoms with van der Waals surface area (Å²) in [7, 11) is 3.90. The quantitative estimate of drug-likeness (QED) is 0.834. The maximum Gasteiger partial charge on any atom is 0.143 e. The molecular weight excluding hydrogens is 224 g/mol. The van der Waals surface area contributed by atoms with E-state index in [4.69, 9.17) is 4.74 Å². The van der Waals surface area contributed by atoms with Crippen molar-refractivity contribution in [3.63, 3.8) is 0 Å². The smallest absolute Gasteiger partial charge is 0.143 e. The molecule has 18 heavy (non-hydrogen) atoms. The molecular formula is C15H20N2O. The van der Waals surface area contributed by atoms with Crippen molar-refractivity contribution in [2.24, 2.45) is 7.05 Å². The summed E-state index contributed by atoms with van der Waals surface area (Å²) in [6.45, 7) is 5.32. The summed E-state index contributed by atoms with van der Waals surface area (Å²) in [5.41, 5.74) is 5.36. The molecule has 1 atom stereocenters. The van der Waals surface area contributed by atoms with Crippen LogP contribution in [0.25, 0.3) is 10.9 Å². The molecule has 1 aromatic heterocycles. The average Bonchev–Trinajstić information content (AvgIpc) is 2.62. The molecule has 96 valence electrons. The van der Waals surface area contributed by atoms with Gasteiger partial charge in [0, 0.05) is 37.1 Å². The highest BCUT2D eigenvalue weighted by atomic mass is 16.5. The highest BCUT2D eigenvalue weighted by molar-refractivity contribution is 5.91. The van der Waals surface area contributed by atoms with Gasteiger partial charge in [0.05, 0.1) is 12.6 Å². The van der Waals surface area contributed by atoms with Gasteiger partial charge in [0.2, 0.25) is 0 Å². The van der Waals surface area contributed by atoms with Crippen molar-refractivity contribution in [2.75, 3.05) is 7.11 Å². The van der Waals surface area contributed by atoms with Crippen LogP contribution in [0.3, 0.4) is 0 Å². The number of ether oxygens (including phenoxy) is 1. The topological polar surface area (TPSA) is 26.2 Å². The van der Waals surface area contributed by atoms with Crippen LogP contribution in [0.2, 0.25) is 0 Å². The molecule has 0 saturated carbocycles. The molecule has 0 spiro atoms. The fraction of sp³-hybridized carbons (Fsp3) is 0.467. The van der Waals surface area contributed by atoms with Gasteiger partial charge in [0.15, 0.2) is 0 Å². The molecule has 2 heterocycles. The summed E-state index contributed by atoms with van der Waals surface area (Å²) in [4.78, 5) is 0. The van der Waals surface area contributed by atoms with Gasteiger partial charge in [0.1, 0.15) is 5.75 Å². The minimum Gasteiger partial charge on any atom is -0.495 e. The molecule has 1 N–H and O–H groups in total. The second-order valence-corrected chi connectivity index (χ2v) is 5.33. The lowest BCUT2D eigenvalue weighted by Crippen LogP contribution is -2.33. The first kappa shape index (κ1) is 11.6. The minimum atomic E-state index is 0.549. The Hall–Kier alpha value is -1.48. The summed E-state index contributed by atoms with van der Waals surface area (Å²) in [5.74, 6) is 0.981. The molecule has 0 bridgehead atoms. The molecule has 3 heteroatoms.